The molecule has 7 heteroatoms. The maximum atomic E-state index is 14.2. The number of aryl methyl sites for hydroxylation is 2. The number of carbonyl (C=O) groups is 1. The molecule has 0 aliphatic carbocycles. The number of rotatable bonds is 4. The first-order valence-corrected chi connectivity index (χ1v) is 8.84. The normalized spacial score (nSPS) is 11.0. The summed E-state index contributed by atoms with van der Waals surface area (Å²) in [6, 6.07) is 16.9. The van der Waals surface area contributed by atoms with Gasteiger partial charge in [-0.2, -0.15) is 4.98 Å². The molecule has 0 aliphatic heterocycles. The molecule has 0 saturated heterocycles. The van der Waals surface area contributed by atoms with Crippen LogP contribution in [-0.2, 0) is 6.54 Å². The zero-order chi connectivity index (χ0) is 19.7. The zero-order valence-corrected chi connectivity index (χ0v) is 15.5. The molecular formula is C21H18FN5O. The van der Waals surface area contributed by atoms with Crippen LogP contribution in [0.15, 0.2) is 60.7 Å². The Morgan fingerprint density at radius 2 is 1.75 bits per heavy atom. The Hall–Kier alpha value is -3.61. The number of amides is 1. The number of hydrogen-bond donors (Lipinski definition) is 0. The SMILES string of the molecule is Cc1cc(C)n2nc(CN(C(=O)c3ccccc3F)c3ccccc3)nc2n1. The molecule has 140 valence electrons. The molecule has 2 aromatic heterocycles. The maximum absolute atomic E-state index is 14.2. The molecule has 0 bridgehead atoms. The largest absolute Gasteiger partial charge is 0.301 e. The van der Waals surface area contributed by atoms with Crippen LogP contribution >= 0.6 is 0 Å². The lowest BCUT2D eigenvalue weighted by Gasteiger charge is -2.21. The predicted molar refractivity (Wildman–Crippen MR) is 104 cm³/mol. The molecule has 4 rings (SSSR count). The van der Waals surface area contributed by atoms with Gasteiger partial charge in [-0.3, -0.25) is 4.79 Å². The van der Waals surface area contributed by atoms with E-state index in [0.717, 1.165) is 11.4 Å². The van der Waals surface area contributed by atoms with E-state index in [2.05, 4.69) is 15.1 Å². The predicted octanol–water partition coefficient (Wildman–Crippen LogP) is 3.73. The number of halogens is 1. The molecule has 2 aromatic carbocycles. The minimum Gasteiger partial charge on any atom is -0.301 e. The van der Waals surface area contributed by atoms with Crippen LogP contribution in [0.1, 0.15) is 27.6 Å². The first-order chi connectivity index (χ1) is 13.5. The molecule has 2 heterocycles. The van der Waals surface area contributed by atoms with E-state index in [1.165, 1.54) is 17.0 Å². The summed E-state index contributed by atoms with van der Waals surface area (Å²) < 4.78 is 15.9. The zero-order valence-electron chi connectivity index (χ0n) is 15.5. The summed E-state index contributed by atoms with van der Waals surface area (Å²) in [6.07, 6.45) is 0. The van der Waals surface area contributed by atoms with Crippen molar-refractivity contribution >= 4 is 17.4 Å². The van der Waals surface area contributed by atoms with Crippen LogP contribution in [0.2, 0.25) is 0 Å². The van der Waals surface area contributed by atoms with Gasteiger partial charge in [-0.1, -0.05) is 30.3 Å². The van der Waals surface area contributed by atoms with Crippen molar-refractivity contribution in [3.63, 3.8) is 0 Å². The first-order valence-electron chi connectivity index (χ1n) is 8.84. The first kappa shape index (κ1) is 17.8. The van der Waals surface area contributed by atoms with E-state index in [0.29, 0.717) is 17.3 Å². The minimum atomic E-state index is -0.565. The molecule has 0 radical (unpaired) electrons. The van der Waals surface area contributed by atoms with Crippen LogP contribution in [0.5, 0.6) is 0 Å². The van der Waals surface area contributed by atoms with Crippen LogP contribution < -0.4 is 4.90 Å². The van der Waals surface area contributed by atoms with Gasteiger partial charge in [-0.25, -0.2) is 13.9 Å². The van der Waals surface area contributed by atoms with Crippen LogP contribution in [0.3, 0.4) is 0 Å². The van der Waals surface area contributed by atoms with E-state index < -0.39 is 11.7 Å². The fourth-order valence-electron chi connectivity index (χ4n) is 3.08. The molecule has 1 amide bonds. The second-order valence-electron chi connectivity index (χ2n) is 6.49. The van der Waals surface area contributed by atoms with Crippen molar-refractivity contribution < 1.29 is 9.18 Å². The number of hydrogen-bond acceptors (Lipinski definition) is 4. The van der Waals surface area contributed by atoms with Gasteiger partial charge in [0.1, 0.15) is 5.82 Å². The number of benzene rings is 2. The summed E-state index contributed by atoms with van der Waals surface area (Å²) >= 11 is 0. The van der Waals surface area contributed by atoms with Crippen molar-refractivity contribution in [3.8, 4) is 0 Å². The summed E-state index contributed by atoms with van der Waals surface area (Å²) in [5.41, 5.74) is 2.37. The summed E-state index contributed by atoms with van der Waals surface area (Å²) in [6.45, 7) is 3.90. The Morgan fingerprint density at radius 1 is 1.04 bits per heavy atom. The van der Waals surface area contributed by atoms with Crippen molar-refractivity contribution in [3.05, 3.63) is 89.3 Å². The Balaban J connectivity index is 1.76. The van der Waals surface area contributed by atoms with Gasteiger partial charge in [-0.15, -0.1) is 5.10 Å². The smallest absolute Gasteiger partial charge is 0.261 e. The number of carbonyl (C=O) groups excluding carboxylic acids is 1. The molecule has 0 spiro atoms. The fourth-order valence-corrected chi connectivity index (χ4v) is 3.08. The summed E-state index contributed by atoms with van der Waals surface area (Å²) in [5.74, 6) is -0.123. The van der Waals surface area contributed by atoms with Gasteiger partial charge in [0, 0.05) is 17.1 Å². The lowest BCUT2D eigenvalue weighted by atomic mass is 10.1. The molecule has 4 aromatic rings. The van der Waals surface area contributed by atoms with Gasteiger partial charge in [0.05, 0.1) is 12.1 Å². The topological polar surface area (TPSA) is 63.4 Å². The molecule has 0 fully saturated rings. The number of nitrogens with zero attached hydrogens (tertiary/aromatic N) is 5. The van der Waals surface area contributed by atoms with Gasteiger partial charge in [0.2, 0.25) is 0 Å². The van der Waals surface area contributed by atoms with E-state index in [4.69, 9.17) is 0 Å². The second-order valence-corrected chi connectivity index (χ2v) is 6.49. The van der Waals surface area contributed by atoms with Gasteiger partial charge in [0.25, 0.3) is 11.7 Å². The Labute approximate surface area is 161 Å². The average molecular weight is 375 g/mol. The number of para-hydroxylation sites is 1. The summed E-state index contributed by atoms with van der Waals surface area (Å²) in [7, 11) is 0. The highest BCUT2D eigenvalue weighted by Gasteiger charge is 2.23. The Kier molecular flexibility index (Phi) is 4.57. The van der Waals surface area contributed by atoms with Gasteiger partial charge >= 0.3 is 0 Å². The Morgan fingerprint density at radius 3 is 2.50 bits per heavy atom. The van der Waals surface area contributed by atoms with E-state index in [9.17, 15) is 9.18 Å². The number of fused-ring (bicyclic) bond motifs is 1. The van der Waals surface area contributed by atoms with Crippen LogP contribution in [0, 0.1) is 19.7 Å². The fraction of sp³-hybridized carbons (Fsp3) is 0.143. The third-order valence-corrected chi connectivity index (χ3v) is 4.38. The lowest BCUT2D eigenvalue weighted by Crippen LogP contribution is -2.31. The van der Waals surface area contributed by atoms with E-state index in [1.807, 2.05) is 38.1 Å². The molecule has 0 unspecified atom stereocenters. The molecule has 0 atom stereocenters. The minimum absolute atomic E-state index is 0.000247. The van der Waals surface area contributed by atoms with Crippen LogP contribution in [-0.4, -0.2) is 25.5 Å². The third kappa shape index (κ3) is 3.34. The third-order valence-electron chi connectivity index (χ3n) is 4.38. The van der Waals surface area contributed by atoms with E-state index >= 15 is 0 Å². The van der Waals surface area contributed by atoms with Crippen molar-refractivity contribution in [1.29, 1.82) is 0 Å². The van der Waals surface area contributed by atoms with Gasteiger partial charge in [0.15, 0.2) is 5.82 Å². The number of aromatic nitrogens is 4. The average Bonchev–Trinajstić information content (AvgIpc) is 3.09. The van der Waals surface area contributed by atoms with Crippen molar-refractivity contribution in [2.75, 3.05) is 4.90 Å². The van der Waals surface area contributed by atoms with Crippen molar-refractivity contribution in [1.82, 2.24) is 19.6 Å². The molecular weight excluding hydrogens is 357 g/mol. The molecule has 28 heavy (non-hydrogen) atoms. The molecule has 0 N–H and O–H groups in total. The highest BCUT2D eigenvalue weighted by molar-refractivity contribution is 6.06. The summed E-state index contributed by atoms with van der Waals surface area (Å²) in [5, 5.41) is 4.47. The lowest BCUT2D eigenvalue weighted by molar-refractivity contribution is 0.0980. The monoisotopic (exact) mass is 375 g/mol. The second kappa shape index (κ2) is 7.19. The molecule has 0 aliphatic rings. The van der Waals surface area contributed by atoms with E-state index in [1.54, 1.807) is 28.8 Å². The van der Waals surface area contributed by atoms with Crippen molar-refractivity contribution in [2.24, 2.45) is 0 Å². The Bertz CT molecular complexity index is 1160. The standard InChI is InChI=1S/C21H18FN5O/c1-14-12-15(2)27-21(23-14)24-19(25-27)13-26(16-8-4-3-5-9-16)20(28)17-10-6-7-11-18(17)22/h3-12H,13H2,1-2H3. The summed E-state index contributed by atoms with van der Waals surface area (Å²) in [4.78, 5) is 23.4. The van der Waals surface area contributed by atoms with E-state index in [-0.39, 0.29) is 12.1 Å². The highest BCUT2D eigenvalue weighted by atomic mass is 19.1. The molecule has 6 nitrogen and oxygen atoms in total. The molecule has 0 saturated carbocycles. The quantitative estimate of drug-likeness (QED) is 0.545. The van der Waals surface area contributed by atoms with Gasteiger partial charge in [-0.05, 0) is 44.2 Å². The highest BCUT2D eigenvalue weighted by Crippen LogP contribution is 2.21. The van der Waals surface area contributed by atoms with Crippen LogP contribution in [0.25, 0.3) is 5.78 Å². The van der Waals surface area contributed by atoms with Crippen LogP contribution in [0.4, 0.5) is 10.1 Å². The number of anilines is 1. The van der Waals surface area contributed by atoms with Crippen molar-refractivity contribution in [2.45, 2.75) is 20.4 Å². The maximum Gasteiger partial charge on any atom is 0.261 e. The van der Waals surface area contributed by atoms with Gasteiger partial charge < -0.3 is 4.90 Å².